The number of amides is 3. The number of rotatable bonds is 7. The number of hydrogen-bond acceptors (Lipinski definition) is 4. The maximum Gasteiger partial charge on any atom is 0.312 e. The minimum Gasteiger partial charge on any atom is -0.452 e. The van der Waals surface area contributed by atoms with E-state index in [1.165, 1.54) is 6.92 Å². The Morgan fingerprint density at radius 3 is 2.28 bits per heavy atom. The summed E-state index contributed by atoms with van der Waals surface area (Å²) in [4.78, 5) is 36.1. The molecule has 0 unspecified atom stereocenters. The molecule has 8 heteroatoms. The van der Waals surface area contributed by atoms with Gasteiger partial charge in [0.2, 0.25) is 0 Å². The molecule has 0 aliphatic rings. The third-order valence-corrected chi connectivity index (χ3v) is 4.72. The predicted octanol–water partition coefficient (Wildman–Crippen LogP) is 3.63. The fourth-order valence-corrected chi connectivity index (χ4v) is 3.14. The van der Waals surface area contributed by atoms with Crippen molar-refractivity contribution in [3.63, 3.8) is 0 Å². The van der Waals surface area contributed by atoms with Crippen LogP contribution in [0, 0.1) is 13.8 Å². The fourth-order valence-electron chi connectivity index (χ4n) is 2.87. The normalized spacial score (nSPS) is 12.6. The van der Waals surface area contributed by atoms with Crippen molar-refractivity contribution in [2.45, 2.75) is 39.3 Å². The molecule has 0 bridgehead atoms. The van der Waals surface area contributed by atoms with Gasteiger partial charge in [0.1, 0.15) is 0 Å². The van der Waals surface area contributed by atoms with E-state index in [1.54, 1.807) is 24.3 Å². The van der Waals surface area contributed by atoms with Crippen LogP contribution in [0.15, 0.2) is 42.5 Å². The maximum absolute atomic E-state index is 12.4. The van der Waals surface area contributed by atoms with E-state index in [9.17, 15) is 14.4 Å². The molecule has 0 aliphatic carbocycles. The standard InChI is InChI=1S/C21H24ClN3O4/c1-12-7-6-8-13(2)19(12)25-20(27)14(3)29-18(26)11-17(24-21(23)28)15-9-4-5-10-16(15)22/h4-10,14,17H,11H2,1-3H3,(H,25,27)(H3,23,24,28)/t14-,17-/m1/s1. The van der Waals surface area contributed by atoms with Crippen LogP contribution in [-0.4, -0.2) is 24.0 Å². The molecule has 3 amide bonds. The van der Waals surface area contributed by atoms with Gasteiger partial charge in [-0.15, -0.1) is 0 Å². The van der Waals surface area contributed by atoms with Crippen LogP contribution in [0.5, 0.6) is 0 Å². The predicted molar refractivity (Wildman–Crippen MR) is 112 cm³/mol. The largest absolute Gasteiger partial charge is 0.452 e. The summed E-state index contributed by atoms with van der Waals surface area (Å²) in [7, 11) is 0. The number of primary amides is 1. The van der Waals surface area contributed by atoms with Crippen LogP contribution in [0.25, 0.3) is 0 Å². The van der Waals surface area contributed by atoms with Gasteiger partial charge in [-0.05, 0) is 43.5 Å². The molecule has 0 heterocycles. The van der Waals surface area contributed by atoms with Crippen LogP contribution >= 0.6 is 11.6 Å². The molecule has 2 aromatic carbocycles. The first-order valence-electron chi connectivity index (χ1n) is 9.06. The number of carbonyl (C=O) groups excluding carboxylic acids is 3. The first-order chi connectivity index (χ1) is 13.7. The van der Waals surface area contributed by atoms with Crippen molar-refractivity contribution in [3.8, 4) is 0 Å². The minimum atomic E-state index is -1.03. The number of halogens is 1. The topological polar surface area (TPSA) is 111 Å². The molecular weight excluding hydrogens is 394 g/mol. The van der Waals surface area contributed by atoms with Crippen molar-refractivity contribution >= 4 is 35.2 Å². The van der Waals surface area contributed by atoms with Crippen molar-refractivity contribution in [1.29, 1.82) is 0 Å². The molecule has 154 valence electrons. The van der Waals surface area contributed by atoms with Gasteiger partial charge in [0.15, 0.2) is 6.10 Å². The molecule has 4 N–H and O–H groups in total. The molecule has 0 spiro atoms. The second kappa shape index (κ2) is 9.93. The number of nitrogens with one attached hydrogen (secondary N) is 2. The lowest BCUT2D eigenvalue weighted by atomic mass is 10.0. The van der Waals surface area contributed by atoms with Gasteiger partial charge in [-0.3, -0.25) is 9.59 Å². The van der Waals surface area contributed by atoms with Crippen LogP contribution in [0.4, 0.5) is 10.5 Å². The zero-order valence-corrected chi connectivity index (χ0v) is 17.2. The van der Waals surface area contributed by atoms with Crippen molar-refractivity contribution in [2.75, 3.05) is 5.32 Å². The number of hydrogen-bond donors (Lipinski definition) is 3. The molecule has 7 nitrogen and oxygen atoms in total. The summed E-state index contributed by atoms with van der Waals surface area (Å²) in [6.45, 7) is 5.23. The lowest BCUT2D eigenvalue weighted by Gasteiger charge is -2.20. The Morgan fingerprint density at radius 1 is 1.07 bits per heavy atom. The number of esters is 1. The van der Waals surface area contributed by atoms with E-state index in [1.807, 2.05) is 32.0 Å². The Hall–Kier alpha value is -3.06. The first kappa shape index (κ1) is 22.2. The smallest absolute Gasteiger partial charge is 0.312 e. The van der Waals surface area contributed by atoms with Gasteiger partial charge in [-0.1, -0.05) is 48.0 Å². The molecule has 2 rings (SSSR count). The van der Waals surface area contributed by atoms with E-state index in [-0.39, 0.29) is 6.42 Å². The van der Waals surface area contributed by atoms with Crippen LogP contribution in [-0.2, 0) is 14.3 Å². The molecule has 2 atom stereocenters. The highest BCUT2D eigenvalue weighted by atomic mass is 35.5. The van der Waals surface area contributed by atoms with Gasteiger partial charge in [-0.25, -0.2) is 4.79 Å². The number of urea groups is 1. The average molecular weight is 418 g/mol. The first-order valence-corrected chi connectivity index (χ1v) is 9.43. The Bertz CT molecular complexity index is 896. The SMILES string of the molecule is Cc1cccc(C)c1NC(=O)[C@@H](C)OC(=O)C[C@@H](NC(N)=O)c1ccccc1Cl. The zero-order chi connectivity index (χ0) is 21.6. The summed E-state index contributed by atoms with van der Waals surface area (Å²) >= 11 is 6.15. The molecule has 0 aromatic heterocycles. The maximum atomic E-state index is 12.4. The summed E-state index contributed by atoms with van der Waals surface area (Å²) in [6.07, 6.45) is -1.25. The summed E-state index contributed by atoms with van der Waals surface area (Å²) in [5, 5.41) is 5.64. The number of nitrogens with two attached hydrogens (primary N) is 1. The average Bonchev–Trinajstić information content (AvgIpc) is 2.64. The van der Waals surface area contributed by atoms with Gasteiger partial charge in [0, 0.05) is 10.7 Å². The van der Waals surface area contributed by atoms with E-state index in [0.29, 0.717) is 16.3 Å². The highest BCUT2D eigenvalue weighted by Gasteiger charge is 2.24. The van der Waals surface area contributed by atoms with Gasteiger partial charge >= 0.3 is 12.0 Å². The van der Waals surface area contributed by atoms with Crippen molar-refractivity contribution in [2.24, 2.45) is 5.73 Å². The number of anilines is 1. The Balaban J connectivity index is 2.04. The highest BCUT2D eigenvalue weighted by Crippen LogP contribution is 2.26. The summed E-state index contributed by atoms with van der Waals surface area (Å²) < 4.78 is 5.25. The molecule has 0 aliphatic heterocycles. The monoisotopic (exact) mass is 417 g/mol. The number of para-hydroxylation sites is 1. The Labute approximate surface area is 174 Å². The Morgan fingerprint density at radius 2 is 1.69 bits per heavy atom. The summed E-state index contributed by atoms with van der Waals surface area (Å²) in [6, 6.07) is 10.8. The second-order valence-electron chi connectivity index (χ2n) is 6.67. The van der Waals surface area contributed by atoms with Crippen LogP contribution in [0.2, 0.25) is 5.02 Å². The molecule has 0 fully saturated rings. The third-order valence-electron chi connectivity index (χ3n) is 4.37. The molecule has 2 aromatic rings. The van der Waals surface area contributed by atoms with E-state index in [0.717, 1.165) is 11.1 Å². The molecule has 0 radical (unpaired) electrons. The zero-order valence-electron chi connectivity index (χ0n) is 16.5. The summed E-state index contributed by atoms with van der Waals surface area (Å²) in [5.41, 5.74) is 8.23. The number of aryl methyl sites for hydroxylation is 2. The van der Waals surface area contributed by atoms with Crippen molar-refractivity contribution in [3.05, 3.63) is 64.2 Å². The van der Waals surface area contributed by atoms with Gasteiger partial charge < -0.3 is 21.1 Å². The fraction of sp³-hybridized carbons (Fsp3) is 0.286. The van der Waals surface area contributed by atoms with Crippen LogP contribution in [0.1, 0.15) is 36.1 Å². The second-order valence-corrected chi connectivity index (χ2v) is 7.08. The Kier molecular flexibility index (Phi) is 7.61. The van der Waals surface area contributed by atoms with Crippen molar-refractivity contribution < 1.29 is 19.1 Å². The van der Waals surface area contributed by atoms with E-state index < -0.39 is 30.1 Å². The number of benzene rings is 2. The minimum absolute atomic E-state index is 0.228. The number of ether oxygens (including phenoxy) is 1. The van der Waals surface area contributed by atoms with Crippen LogP contribution < -0.4 is 16.4 Å². The van der Waals surface area contributed by atoms with Crippen molar-refractivity contribution in [1.82, 2.24) is 5.32 Å². The summed E-state index contributed by atoms with van der Waals surface area (Å²) in [5.74, 6) is -1.12. The highest BCUT2D eigenvalue weighted by molar-refractivity contribution is 6.31. The molecular formula is C21H24ClN3O4. The van der Waals surface area contributed by atoms with Gasteiger partial charge in [0.05, 0.1) is 12.5 Å². The molecule has 29 heavy (non-hydrogen) atoms. The van der Waals surface area contributed by atoms with E-state index in [4.69, 9.17) is 22.1 Å². The van der Waals surface area contributed by atoms with E-state index in [2.05, 4.69) is 10.6 Å². The van der Waals surface area contributed by atoms with Crippen LogP contribution in [0.3, 0.4) is 0 Å². The quantitative estimate of drug-likeness (QED) is 0.597. The van der Waals surface area contributed by atoms with E-state index >= 15 is 0 Å². The lowest BCUT2D eigenvalue weighted by molar-refractivity contribution is -0.153. The third kappa shape index (κ3) is 6.22. The lowest BCUT2D eigenvalue weighted by Crippen LogP contribution is -2.36. The van der Waals surface area contributed by atoms with Gasteiger partial charge in [-0.2, -0.15) is 0 Å². The molecule has 0 saturated heterocycles. The van der Waals surface area contributed by atoms with Gasteiger partial charge in [0.25, 0.3) is 5.91 Å². The molecule has 0 saturated carbocycles. The number of carbonyl (C=O) groups is 3.